The van der Waals surface area contributed by atoms with Gasteiger partial charge in [0.05, 0.1) is 36.3 Å². The molecule has 5 rings (SSSR count). The van der Waals surface area contributed by atoms with Crippen molar-refractivity contribution in [2.75, 3.05) is 11.9 Å². The second kappa shape index (κ2) is 6.24. The minimum atomic E-state index is -0.234. The molecule has 3 aromatic rings. The number of rotatable bonds is 4. The molecular weight excluding hydrogens is 352 g/mol. The highest BCUT2D eigenvalue weighted by molar-refractivity contribution is 7.13. The smallest absolute Gasteiger partial charge is 0.275 e. The van der Waals surface area contributed by atoms with Gasteiger partial charge in [0, 0.05) is 24.5 Å². The minimum absolute atomic E-state index is 0.234. The van der Waals surface area contributed by atoms with Crippen molar-refractivity contribution in [2.45, 2.75) is 38.3 Å². The normalized spacial score (nSPS) is 16.6. The number of thiazole rings is 1. The first-order valence-corrected chi connectivity index (χ1v) is 9.66. The number of ether oxygens (including phenoxy) is 1. The molecule has 4 heterocycles. The standard InChI is InChI=1S/C17H18N6O2S/c24-15(20-11-7-18-23(9-11)12-3-1-4-12)14-10-26-16(21-14)13-8-19-22-5-2-6-25-17(13)22/h7-10,12H,1-6H2,(H,20,24). The molecule has 1 amide bonds. The maximum Gasteiger partial charge on any atom is 0.275 e. The SMILES string of the molecule is O=C(Nc1cnn(C2CCC2)c1)c1csc(-c2cnn3c2OCCC3)n1. The highest BCUT2D eigenvalue weighted by Gasteiger charge is 2.22. The molecule has 0 aromatic carbocycles. The zero-order valence-electron chi connectivity index (χ0n) is 14.1. The predicted molar refractivity (Wildman–Crippen MR) is 96.5 cm³/mol. The fourth-order valence-electron chi connectivity index (χ4n) is 3.17. The fourth-order valence-corrected chi connectivity index (χ4v) is 3.97. The van der Waals surface area contributed by atoms with Gasteiger partial charge >= 0.3 is 0 Å². The Hall–Kier alpha value is -2.68. The molecule has 26 heavy (non-hydrogen) atoms. The molecule has 1 fully saturated rings. The van der Waals surface area contributed by atoms with E-state index in [0.29, 0.717) is 24.0 Å². The summed E-state index contributed by atoms with van der Waals surface area (Å²) in [5.41, 5.74) is 1.92. The van der Waals surface area contributed by atoms with E-state index in [1.807, 2.05) is 15.6 Å². The molecule has 1 saturated carbocycles. The van der Waals surface area contributed by atoms with Crippen LogP contribution in [0, 0.1) is 0 Å². The first-order valence-electron chi connectivity index (χ1n) is 8.78. The zero-order chi connectivity index (χ0) is 17.5. The maximum absolute atomic E-state index is 12.5. The highest BCUT2D eigenvalue weighted by Crippen LogP contribution is 2.34. The average molecular weight is 370 g/mol. The number of hydrogen-bond acceptors (Lipinski definition) is 6. The van der Waals surface area contributed by atoms with Crippen LogP contribution >= 0.6 is 11.3 Å². The van der Waals surface area contributed by atoms with Gasteiger partial charge in [0.1, 0.15) is 10.7 Å². The van der Waals surface area contributed by atoms with E-state index in [2.05, 4.69) is 20.5 Å². The molecule has 0 spiro atoms. The van der Waals surface area contributed by atoms with Crippen molar-refractivity contribution in [3.63, 3.8) is 0 Å². The number of aromatic nitrogens is 5. The first kappa shape index (κ1) is 15.6. The van der Waals surface area contributed by atoms with Crippen molar-refractivity contribution in [3.8, 4) is 16.5 Å². The summed E-state index contributed by atoms with van der Waals surface area (Å²) < 4.78 is 9.49. The molecule has 0 atom stereocenters. The van der Waals surface area contributed by atoms with Crippen LogP contribution in [0.5, 0.6) is 5.88 Å². The van der Waals surface area contributed by atoms with Crippen molar-refractivity contribution in [1.82, 2.24) is 24.5 Å². The minimum Gasteiger partial charge on any atom is -0.477 e. The molecule has 1 aliphatic heterocycles. The topological polar surface area (TPSA) is 86.9 Å². The second-order valence-electron chi connectivity index (χ2n) is 6.57. The maximum atomic E-state index is 12.5. The Labute approximate surface area is 153 Å². The van der Waals surface area contributed by atoms with E-state index < -0.39 is 0 Å². The number of carbonyl (C=O) groups is 1. The van der Waals surface area contributed by atoms with Crippen LogP contribution in [0.4, 0.5) is 5.69 Å². The van der Waals surface area contributed by atoms with Crippen LogP contribution in [0.25, 0.3) is 10.6 Å². The van der Waals surface area contributed by atoms with Crippen LogP contribution in [0.3, 0.4) is 0 Å². The molecule has 1 N–H and O–H groups in total. The van der Waals surface area contributed by atoms with Crippen LogP contribution in [-0.4, -0.2) is 37.1 Å². The van der Waals surface area contributed by atoms with E-state index in [4.69, 9.17) is 4.74 Å². The monoisotopic (exact) mass is 370 g/mol. The lowest BCUT2D eigenvalue weighted by atomic mass is 9.93. The van der Waals surface area contributed by atoms with E-state index in [0.717, 1.165) is 42.3 Å². The van der Waals surface area contributed by atoms with Crippen LogP contribution in [0.1, 0.15) is 42.2 Å². The van der Waals surface area contributed by atoms with Gasteiger partial charge in [-0.15, -0.1) is 11.3 Å². The van der Waals surface area contributed by atoms with Crippen molar-refractivity contribution in [1.29, 1.82) is 0 Å². The average Bonchev–Trinajstić information content (AvgIpc) is 3.32. The van der Waals surface area contributed by atoms with Gasteiger partial charge in [-0.05, 0) is 19.3 Å². The van der Waals surface area contributed by atoms with Gasteiger partial charge in [-0.3, -0.25) is 9.48 Å². The molecule has 8 nitrogen and oxygen atoms in total. The highest BCUT2D eigenvalue weighted by atomic mass is 32.1. The van der Waals surface area contributed by atoms with E-state index in [-0.39, 0.29) is 5.91 Å². The Morgan fingerprint density at radius 1 is 1.27 bits per heavy atom. The molecule has 0 bridgehead atoms. The lowest BCUT2D eigenvalue weighted by Gasteiger charge is -2.25. The zero-order valence-corrected chi connectivity index (χ0v) is 14.9. The number of fused-ring (bicyclic) bond motifs is 1. The molecule has 0 radical (unpaired) electrons. The number of carbonyl (C=O) groups excluding carboxylic acids is 1. The van der Waals surface area contributed by atoms with Crippen molar-refractivity contribution < 1.29 is 9.53 Å². The summed E-state index contributed by atoms with van der Waals surface area (Å²) in [5, 5.41) is 14.0. The Balaban J connectivity index is 1.32. The third-order valence-corrected chi connectivity index (χ3v) is 5.70. The summed E-state index contributed by atoms with van der Waals surface area (Å²) in [6, 6.07) is 0.472. The second-order valence-corrected chi connectivity index (χ2v) is 7.43. The number of nitrogens with one attached hydrogen (secondary N) is 1. The van der Waals surface area contributed by atoms with Gasteiger partial charge < -0.3 is 10.1 Å². The number of nitrogens with zero attached hydrogens (tertiary/aromatic N) is 5. The van der Waals surface area contributed by atoms with Gasteiger partial charge in [-0.25, -0.2) is 9.67 Å². The summed E-state index contributed by atoms with van der Waals surface area (Å²) in [6.45, 7) is 1.53. The third-order valence-electron chi connectivity index (χ3n) is 4.82. The van der Waals surface area contributed by atoms with Gasteiger partial charge in [0.25, 0.3) is 5.91 Å². The fraction of sp³-hybridized carbons (Fsp3) is 0.412. The molecule has 134 valence electrons. The van der Waals surface area contributed by atoms with Crippen molar-refractivity contribution in [2.24, 2.45) is 0 Å². The summed E-state index contributed by atoms with van der Waals surface area (Å²) in [6.07, 6.45) is 9.84. The largest absolute Gasteiger partial charge is 0.477 e. The molecule has 1 aliphatic carbocycles. The number of hydrogen-bond donors (Lipinski definition) is 1. The van der Waals surface area contributed by atoms with Crippen molar-refractivity contribution in [3.05, 3.63) is 29.7 Å². The molecular formula is C17H18N6O2S. The van der Waals surface area contributed by atoms with Gasteiger partial charge in [-0.2, -0.15) is 10.2 Å². The summed E-state index contributed by atoms with van der Waals surface area (Å²) in [4.78, 5) is 17.0. The summed E-state index contributed by atoms with van der Waals surface area (Å²) >= 11 is 1.42. The number of anilines is 1. The van der Waals surface area contributed by atoms with E-state index in [1.165, 1.54) is 17.8 Å². The Kier molecular flexibility index (Phi) is 3.74. The predicted octanol–water partition coefficient (Wildman–Crippen LogP) is 2.96. The van der Waals surface area contributed by atoms with Gasteiger partial charge in [-0.1, -0.05) is 0 Å². The molecule has 3 aromatic heterocycles. The number of amides is 1. The van der Waals surface area contributed by atoms with E-state index in [1.54, 1.807) is 17.8 Å². The first-order chi connectivity index (χ1) is 12.8. The third kappa shape index (κ3) is 2.68. The van der Waals surface area contributed by atoms with Gasteiger partial charge in [0.15, 0.2) is 0 Å². The Morgan fingerprint density at radius 2 is 2.19 bits per heavy atom. The summed E-state index contributed by atoms with van der Waals surface area (Å²) in [5.74, 6) is 0.502. The Bertz CT molecular complexity index is 954. The molecule has 0 saturated heterocycles. The summed E-state index contributed by atoms with van der Waals surface area (Å²) in [7, 11) is 0. The molecule has 0 unspecified atom stereocenters. The van der Waals surface area contributed by atoms with Crippen LogP contribution < -0.4 is 10.1 Å². The Morgan fingerprint density at radius 3 is 3.04 bits per heavy atom. The van der Waals surface area contributed by atoms with Crippen LogP contribution in [0.2, 0.25) is 0 Å². The lowest BCUT2D eigenvalue weighted by Crippen LogP contribution is -2.17. The van der Waals surface area contributed by atoms with Gasteiger partial charge in [0.2, 0.25) is 5.88 Å². The number of aryl methyl sites for hydroxylation is 1. The van der Waals surface area contributed by atoms with Crippen LogP contribution in [-0.2, 0) is 6.54 Å². The quantitative estimate of drug-likeness (QED) is 0.763. The lowest BCUT2D eigenvalue weighted by molar-refractivity contribution is 0.102. The van der Waals surface area contributed by atoms with E-state index in [9.17, 15) is 4.79 Å². The molecule has 9 heteroatoms. The van der Waals surface area contributed by atoms with Crippen LogP contribution in [0.15, 0.2) is 24.0 Å². The van der Waals surface area contributed by atoms with E-state index >= 15 is 0 Å². The molecule has 2 aliphatic rings. The van der Waals surface area contributed by atoms with Crippen molar-refractivity contribution >= 4 is 22.9 Å².